The number of nitrogens with zero attached hydrogens (tertiary/aromatic N) is 1. The Labute approximate surface area is 177 Å². The number of esters is 1. The highest BCUT2D eigenvalue weighted by Gasteiger charge is 2.79. The summed E-state index contributed by atoms with van der Waals surface area (Å²) in [6.45, 7) is 0. The van der Waals surface area contributed by atoms with E-state index in [4.69, 9.17) is 9.47 Å². The topological polar surface area (TPSA) is 93.1 Å². The van der Waals surface area contributed by atoms with Crippen LogP contribution in [0, 0.1) is 5.92 Å². The average molecular weight is 417 g/mol. The van der Waals surface area contributed by atoms with Crippen LogP contribution in [0.25, 0.3) is 5.76 Å². The first-order chi connectivity index (χ1) is 15.0. The smallest absolute Gasteiger partial charge is 0.341 e. The van der Waals surface area contributed by atoms with E-state index in [1.165, 1.54) is 12.1 Å². The number of carbonyl (C=O) groups is 3. The standard InChI is InChI=1S/C24H19NO6/c26-16-11-5-4-10-15(16)25-21(28)19(27)18-20(14-8-2-1-3-9-14)30-23-13-7-6-12-17(23)24(18,25)22(29)31-23/h1-5,8-11,17,26H,6-7,12-13H2. The van der Waals surface area contributed by atoms with Crippen LogP contribution >= 0.6 is 0 Å². The number of rotatable bonds is 2. The molecule has 31 heavy (non-hydrogen) atoms. The van der Waals surface area contributed by atoms with Crippen LogP contribution < -0.4 is 4.90 Å². The van der Waals surface area contributed by atoms with E-state index in [2.05, 4.69) is 0 Å². The molecule has 7 heteroatoms. The summed E-state index contributed by atoms with van der Waals surface area (Å²) in [6.07, 6.45) is 2.66. The van der Waals surface area contributed by atoms with Gasteiger partial charge in [0.25, 0.3) is 11.6 Å². The number of carbonyl (C=O) groups excluding carboxylic acids is 3. The van der Waals surface area contributed by atoms with Gasteiger partial charge in [-0.05, 0) is 25.0 Å². The van der Waals surface area contributed by atoms with Gasteiger partial charge < -0.3 is 14.6 Å². The van der Waals surface area contributed by atoms with E-state index in [9.17, 15) is 19.5 Å². The molecule has 2 bridgehead atoms. The Bertz CT molecular complexity index is 1190. The van der Waals surface area contributed by atoms with Crippen LogP contribution in [0.3, 0.4) is 0 Å². The molecular weight excluding hydrogens is 398 g/mol. The van der Waals surface area contributed by atoms with Gasteiger partial charge in [0.15, 0.2) is 5.54 Å². The third-order valence-electron chi connectivity index (χ3n) is 6.90. The lowest BCUT2D eigenvalue weighted by Crippen LogP contribution is -2.60. The number of phenols is 1. The summed E-state index contributed by atoms with van der Waals surface area (Å²) in [6, 6.07) is 15.2. The maximum absolute atomic E-state index is 13.6. The van der Waals surface area contributed by atoms with Gasteiger partial charge >= 0.3 is 11.9 Å². The molecule has 2 saturated heterocycles. The first-order valence-corrected chi connectivity index (χ1v) is 10.4. The maximum atomic E-state index is 13.6. The molecule has 2 aromatic carbocycles. The zero-order valence-electron chi connectivity index (χ0n) is 16.5. The molecule has 7 nitrogen and oxygen atoms in total. The van der Waals surface area contributed by atoms with E-state index in [1.807, 2.05) is 6.07 Å². The maximum Gasteiger partial charge on any atom is 0.341 e. The van der Waals surface area contributed by atoms with E-state index >= 15 is 0 Å². The second kappa shape index (κ2) is 5.97. The molecule has 0 aromatic heterocycles. The lowest BCUT2D eigenvalue weighted by Gasteiger charge is -2.46. The summed E-state index contributed by atoms with van der Waals surface area (Å²) in [5, 5.41) is 10.5. The third kappa shape index (κ3) is 2.06. The van der Waals surface area contributed by atoms with Crippen LogP contribution in [0.4, 0.5) is 5.69 Å². The highest BCUT2D eigenvalue weighted by molar-refractivity contribution is 6.54. The Morgan fingerprint density at radius 2 is 1.68 bits per heavy atom. The number of ether oxygens (including phenoxy) is 2. The van der Waals surface area contributed by atoms with Crippen molar-refractivity contribution < 1.29 is 29.0 Å². The van der Waals surface area contributed by atoms with Gasteiger partial charge in [0.2, 0.25) is 0 Å². The highest BCUT2D eigenvalue weighted by atomic mass is 16.7. The Balaban J connectivity index is 1.71. The number of phenolic OH excluding ortho intramolecular Hbond substituents is 1. The van der Waals surface area contributed by atoms with Gasteiger partial charge in [0.05, 0.1) is 17.2 Å². The van der Waals surface area contributed by atoms with Crippen molar-refractivity contribution >= 4 is 29.1 Å². The van der Waals surface area contributed by atoms with Crippen molar-refractivity contribution in [3.05, 3.63) is 65.7 Å². The van der Waals surface area contributed by atoms with E-state index in [0.29, 0.717) is 18.4 Å². The Morgan fingerprint density at radius 1 is 0.935 bits per heavy atom. The van der Waals surface area contributed by atoms with Crippen molar-refractivity contribution in [2.45, 2.75) is 37.0 Å². The number of ketones is 1. The molecule has 1 aliphatic carbocycles. The van der Waals surface area contributed by atoms with Crippen LogP contribution in [0.5, 0.6) is 5.75 Å². The second-order valence-corrected chi connectivity index (χ2v) is 8.40. The minimum atomic E-state index is -1.66. The predicted molar refractivity (Wildman–Crippen MR) is 109 cm³/mol. The van der Waals surface area contributed by atoms with Gasteiger partial charge in [-0.1, -0.05) is 48.9 Å². The monoisotopic (exact) mass is 417 g/mol. The zero-order chi connectivity index (χ0) is 21.4. The Hall–Kier alpha value is -3.61. The number of hydrogen-bond donors (Lipinski definition) is 1. The molecule has 3 heterocycles. The Morgan fingerprint density at radius 3 is 2.45 bits per heavy atom. The summed E-state index contributed by atoms with van der Waals surface area (Å²) >= 11 is 0. The highest BCUT2D eigenvalue weighted by Crippen LogP contribution is 2.63. The van der Waals surface area contributed by atoms with Gasteiger partial charge in [-0.25, -0.2) is 4.79 Å². The zero-order valence-corrected chi connectivity index (χ0v) is 16.5. The molecular formula is C24H19NO6. The van der Waals surface area contributed by atoms with Gasteiger partial charge in [0, 0.05) is 12.0 Å². The first kappa shape index (κ1) is 18.2. The number of Topliss-reactive ketones (excluding diaryl/α,β-unsaturated/α-hetero) is 1. The lowest BCUT2D eigenvalue weighted by molar-refractivity contribution is -0.210. The summed E-state index contributed by atoms with van der Waals surface area (Å²) in [7, 11) is 0. The number of amides is 1. The number of hydrogen-bond acceptors (Lipinski definition) is 6. The van der Waals surface area contributed by atoms with E-state index < -0.39 is 34.9 Å². The average Bonchev–Trinajstić information content (AvgIpc) is 3.13. The van der Waals surface area contributed by atoms with Crippen LogP contribution in [0.15, 0.2) is 60.2 Å². The van der Waals surface area contributed by atoms with E-state index in [1.54, 1.807) is 36.4 Å². The van der Waals surface area contributed by atoms with Crippen molar-refractivity contribution in [3.63, 3.8) is 0 Å². The number of aromatic hydroxyl groups is 1. The van der Waals surface area contributed by atoms with Crippen molar-refractivity contribution in [3.8, 4) is 5.75 Å². The molecule has 1 spiro atoms. The molecule has 4 aliphatic rings. The van der Waals surface area contributed by atoms with Gasteiger partial charge in [-0.3, -0.25) is 14.5 Å². The summed E-state index contributed by atoms with van der Waals surface area (Å²) in [4.78, 5) is 41.5. The molecule has 1 saturated carbocycles. The van der Waals surface area contributed by atoms with Crippen molar-refractivity contribution in [1.82, 2.24) is 0 Å². The fourth-order valence-corrected chi connectivity index (χ4v) is 5.71. The molecule has 3 aliphatic heterocycles. The predicted octanol–water partition coefficient (Wildman–Crippen LogP) is 2.93. The van der Waals surface area contributed by atoms with Crippen molar-refractivity contribution in [2.75, 3.05) is 4.90 Å². The second-order valence-electron chi connectivity index (χ2n) is 8.40. The fraction of sp³-hybridized carbons (Fsp3) is 0.292. The van der Waals surface area contributed by atoms with E-state index in [0.717, 1.165) is 17.7 Å². The lowest BCUT2D eigenvalue weighted by atomic mass is 9.67. The SMILES string of the molecule is O=C1C(=O)N(c2ccccc2O)C23C(=O)OC4(CCCCC42)OC(c2ccccc2)=C13. The summed E-state index contributed by atoms with van der Waals surface area (Å²) < 4.78 is 12.2. The van der Waals surface area contributed by atoms with Crippen molar-refractivity contribution in [1.29, 1.82) is 0 Å². The minimum absolute atomic E-state index is 0.0111. The molecule has 3 fully saturated rings. The molecule has 156 valence electrons. The van der Waals surface area contributed by atoms with E-state index in [-0.39, 0.29) is 22.8 Å². The van der Waals surface area contributed by atoms with Gasteiger partial charge in [0.1, 0.15) is 11.5 Å². The van der Waals surface area contributed by atoms with Crippen molar-refractivity contribution in [2.24, 2.45) is 5.92 Å². The Kier molecular flexibility index (Phi) is 3.50. The molecule has 0 radical (unpaired) electrons. The van der Waals surface area contributed by atoms with Crippen LogP contribution in [0.2, 0.25) is 0 Å². The summed E-state index contributed by atoms with van der Waals surface area (Å²) in [5.41, 5.74) is -0.930. The normalized spacial score (nSPS) is 31.3. The third-order valence-corrected chi connectivity index (χ3v) is 6.90. The minimum Gasteiger partial charge on any atom is -0.506 e. The van der Waals surface area contributed by atoms with Gasteiger partial charge in [-0.2, -0.15) is 0 Å². The molecule has 1 amide bonds. The quantitative estimate of drug-likeness (QED) is 0.597. The van der Waals surface area contributed by atoms with Crippen LogP contribution in [-0.2, 0) is 23.9 Å². The molecule has 2 aromatic rings. The fourth-order valence-electron chi connectivity index (χ4n) is 5.71. The molecule has 6 rings (SSSR count). The molecule has 3 atom stereocenters. The largest absolute Gasteiger partial charge is 0.506 e. The number of anilines is 1. The first-order valence-electron chi connectivity index (χ1n) is 10.4. The van der Waals surface area contributed by atoms with Gasteiger partial charge in [-0.15, -0.1) is 0 Å². The number of benzene rings is 2. The molecule has 1 N–H and O–H groups in total. The number of para-hydroxylation sites is 2. The van der Waals surface area contributed by atoms with Crippen LogP contribution in [-0.4, -0.2) is 34.1 Å². The molecule has 3 unspecified atom stereocenters. The summed E-state index contributed by atoms with van der Waals surface area (Å²) in [5.74, 6) is -4.11. The van der Waals surface area contributed by atoms with Crippen LogP contribution in [0.1, 0.15) is 31.2 Å².